The number of hydrogen-bond acceptors (Lipinski definition) is 5. The van der Waals surface area contributed by atoms with Gasteiger partial charge in [-0.15, -0.1) is 0 Å². The molecule has 0 heterocycles. The minimum Gasteiger partial charge on any atom is -0.462 e. The first kappa shape index (κ1) is 60.6. The van der Waals surface area contributed by atoms with Gasteiger partial charge in [0.15, 0.2) is 0 Å². The van der Waals surface area contributed by atoms with Crippen LogP contribution in [0.15, 0.2) is 60.8 Å². The van der Waals surface area contributed by atoms with Crippen molar-refractivity contribution in [3.63, 3.8) is 0 Å². The van der Waals surface area contributed by atoms with Gasteiger partial charge >= 0.3 is 5.97 Å². The lowest BCUT2D eigenvalue weighted by atomic mass is 10.0. The summed E-state index contributed by atoms with van der Waals surface area (Å²) in [7, 11) is 0. The predicted octanol–water partition coefficient (Wildman–Crippen LogP) is 16.4. The highest BCUT2D eigenvalue weighted by atomic mass is 16.5. The van der Waals surface area contributed by atoms with Crippen molar-refractivity contribution in [2.24, 2.45) is 0 Å². The van der Waals surface area contributed by atoms with Crippen LogP contribution in [0.25, 0.3) is 0 Å². The molecule has 3 atom stereocenters. The molecular formula is C57H103NO5. The number of allylic oxidation sites excluding steroid dienone is 10. The minimum absolute atomic E-state index is 0.0600. The molecule has 3 unspecified atom stereocenters. The molecule has 0 rings (SSSR count). The fourth-order valence-corrected chi connectivity index (χ4v) is 8.05. The second kappa shape index (κ2) is 50.6. The van der Waals surface area contributed by atoms with Gasteiger partial charge < -0.3 is 20.3 Å². The number of carbonyl (C=O) groups is 2. The molecule has 63 heavy (non-hydrogen) atoms. The predicted molar refractivity (Wildman–Crippen MR) is 273 cm³/mol. The SMILES string of the molecule is CC/C=C/C=C/C=C/CCCCCCCC(CC(=O)NC(CO)C(O)CCCCCCCCCCCCCCCC)OC(=O)CCCCCCCCC/C=C\C/C=C\CCCCC. The highest BCUT2D eigenvalue weighted by Gasteiger charge is 2.24. The highest BCUT2D eigenvalue weighted by Crippen LogP contribution is 2.18. The van der Waals surface area contributed by atoms with Gasteiger partial charge in [-0.25, -0.2) is 0 Å². The Morgan fingerprint density at radius 1 is 0.492 bits per heavy atom. The topological polar surface area (TPSA) is 95.9 Å². The second-order valence-corrected chi connectivity index (χ2v) is 18.3. The second-order valence-electron chi connectivity index (χ2n) is 18.3. The van der Waals surface area contributed by atoms with Crippen molar-refractivity contribution in [1.29, 1.82) is 0 Å². The summed E-state index contributed by atoms with van der Waals surface area (Å²) >= 11 is 0. The van der Waals surface area contributed by atoms with E-state index in [0.717, 1.165) is 96.3 Å². The van der Waals surface area contributed by atoms with E-state index in [-0.39, 0.29) is 24.9 Å². The van der Waals surface area contributed by atoms with Crippen molar-refractivity contribution < 1.29 is 24.5 Å². The quantitative estimate of drug-likeness (QED) is 0.0245. The van der Waals surface area contributed by atoms with Gasteiger partial charge in [-0.2, -0.15) is 0 Å². The first-order valence-electron chi connectivity index (χ1n) is 27.0. The number of carbonyl (C=O) groups excluding carboxylic acids is 2. The molecule has 0 spiro atoms. The van der Waals surface area contributed by atoms with Crippen LogP contribution >= 0.6 is 0 Å². The first-order valence-corrected chi connectivity index (χ1v) is 27.0. The van der Waals surface area contributed by atoms with Gasteiger partial charge in [-0.05, 0) is 77.0 Å². The van der Waals surface area contributed by atoms with Gasteiger partial charge in [0, 0.05) is 6.42 Å². The number of unbranched alkanes of at least 4 members (excludes halogenated alkanes) is 28. The number of aliphatic hydroxyl groups excluding tert-OH is 2. The third-order valence-electron chi connectivity index (χ3n) is 12.1. The molecule has 0 aliphatic heterocycles. The molecule has 3 N–H and O–H groups in total. The van der Waals surface area contributed by atoms with Crippen LogP contribution in [0.5, 0.6) is 0 Å². The van der Waals surface area contributed by atoms with E-state index in [1.165, 1.54) is 122 Å². The van der Waals surface area contributed by atoms with Crippen molar-refractivity contribution in [1.82, 2.24) is 5.32 Å². The van der Waals surface area contributed by atoms with E-state index in [1.54, 1.807) is 0 Å². The molecule has 1 amide bonds. The first-order chi connectivity index (χ1) is 31.0. The summed E-state index contributed by atoms with van der Waals surface area (Å²) in [5, 5.41) is 23.8. The van der Waals surface area contributed by atoms with Crippen molar-refractivity contribution >= 4 is 11.9 Å². The molecule has 0 radical (unpaired) electrons. The number of rotatable bonds is 48. The van der Waals surface area contributed by atoms with E-state index in [2.05, 4.69) is 86.8 Å². The molecule has 0 saturated heterocycles. The Labute approximate surface area is 390 Å². The Morgan fingerprint density at radius 3 is 1.44 bits per heavy atom. The smallest absolute Gasteiger partial charge is 0.306 e. The van der Waals surface area contributed by atoms with Crippen LogP contribution in [0, 0.1) is 0 Å². The monoisotopic (exact) mass is 882 g/mol. The summed E-state index contributed by atoms with van der Waals surface area (Å²) in [5.74, 6) is -0.499. The van der Waals surface area contributed by atoms with Crippen molar-refractivity contribution in [3.8, 4) is 0 Å². The van der Waals surface area contributed by atoms with Gasteiger partial charge in [0.25, 0.3) is 0 Å². The molecule has 0 aromatic carbocycles. The molecule has 6 nitrogen and oxygen atoms in total. The van der Waals surface area contributed by atoms with Gasteiger partial charge in [0.05, 0.1) is 25.2 Å². The fraction of sp³-hybridized carbons (Fsp3) is 0.789. The summed E-state index contributed by atoms with van der Waals surface area (Å²) in [5.41, 5.74) is 0. The largest absolute Gasteiger partial charge is 0.462 e. The third-order valence-corrected chi connectivity index (χ3v) is 12.1. The molecule has 0 bridgehead atoms. The maximum Gasteiger partial charge on any atom is 0.306 e. The zero-order chi connectivity index (χ0) is 45.9. The average Bonchev–Trinajstić information content (AvgIpc) is 3.28. The van der Waals surface area contributed by atoms with Crippen LogP contribution in [0.2, 0.25) is 0 Å². The Balaban J connectivity index is 4.57. The summed E-state index contributed by atoms with van der Waals surface area (Å²) in [6.45, 7) is 6.33. The van der Waals surface area contributed by atoms with Crippen LogP contribution in [-0.2, 0) is 14.3 Å². The zero-order valence-electron chi connectivity index (χ0n) is 41.7. The third kappa shape index (κ3) is 45.9. The molecule has 0 aromatic heterocycles. The Bertz CT molecular complexity index is 1130. The van der Waals surface area contributed by atoms with Gasteiger partial charge in [0.1, 0.15) is 6.10 Å². The maximum absolute atomic E-state index is 13.2. The molecule has 0 aromatic rings. The molecule has 0 saturated carbocycles. The van der Waals surface area contributed by atoms with Crippen LogP contribution in [-0.4, -0.2) is 46.9 Å². The molecular weight excluding hydrogens is 779 g/mol. The standard InChI is InChI=1S/C57H103NO5/c1-4-7-10-13-16-19-22-25-27-28-29-32-35-38-41-44-47-50-57(62)63-53(48-45-42-39-36-33-30-24-21-18-15-12-9-6-3)51-56(61)58-54(52-59)55(60)49-46-43-40-37-34-31-26-23-20-17-14-11-8-5-2/h9,12,15-16,18-19,21,24-25,27,53-55,59-60H,4-8,10-11,13-14,17,20,22-23,26,28-52H2,1-3H3,(H,58,61)/b12-9+,18-15+,19-16-,24-21+,27-25-. The number of hydrogen-bond donors (Lipinski definition) is 3. The lowest BCUT2D eigenvalue weighted by molar-refractivity contribution is -0.151. The number of aliphatic hydroxyl groups is 2. The van der Waals surface area contributed by atoms with E-state index in [0.29, 0.717) is 19.3 Å². The Hall–Kier alpha value is -2.44. The lowest BCUT2D eigenvalue weighted by Gasteiger charge is -2.24. The summed E-state index contributed by atoms with van der Waals surface area (Å²) < 4.78 is 5.93. The minimum atomic E-state index is -0.796. The average molecular weight is 882 g/mol. The van der Waals surface area contributed by atoms with E-state index in [4.69, 9.17) is 4.74 Å². The summed E-state index contributed by atoms with van der Waals surface area (Å²) in [4.78, 5) is 26.2. The normalized spacial score (nSPS) is 13.7. The molecule has 366 valence electrons. The fourth-order valence-electron chi connectivity index (χ4n) is 8.05. The number of amides is 1. The van der Waals surface area contributed by atoms with E-state index in [9.17, 15) is 19.8 Å². The number of esters is 1. The van der Waals surface area contributed by atoms with Crippen molar-refractivity contribution in [2.75, 3.05) is 6.61 Å². The molecule has 0 fully saturated rings. The van der Waals surface area contributed by atoms with Crippen LogP contribution in [0.3, 0.4) is 0 Å². The number of ether oxygens (including phenoxy) is 1. The van der Waals surface area contributed by atoms with Gasteiger partial charge in [0.2, 0.25) is 5.91 Å². The van der Waals surface area contributed by atoms with E-state index in [1.807, 2.05) is 0 Å². The Morgan fingerprint density at radius 2 is 0.921 bits per heavy atom. The molecule has 0 aliphatic carbocycles. The van der Waals surface area contributed by atoms with Crippen LogP contribution in [0.4, 0.5) is 0 Å². The molecule has 0 aliphatic rings. The van der Waals surface area contributed by atoms with Crippen molar-refractivity contribution in [2.45, 2.75) is 283 Å². The van der Waals surface area contributed by atoms with E-state index < -0.39 is 18.2 Å². The Kier molecular flexibility index (Phi) is 48.6. The van der Waals surface area contributed by atoms with Crippen LogP contribution in [0.1, 0.15) is 265 Å². The highest BCUT2D eigenvalue weighted by molar-refractivity contribution is 5.77. The van der Waals surface area contributed by atoms with Gasteiger partial charge in [-0.1, -0.05) is 236 Å². The number of nitrogens with one attached hydrogen (secondary N) is 1. The summed E-state index contributed by atoms with van der Waals surface area (Å²) in [6, 6.07) is -0.711. The maximum atomic E-state index is 13.2. The van der Waals surface area contributed by atoms with Crippen molar-refractivity contribution in [3.05, 3.63) is 60.8 Å². The van der Waals surface area contributed by atoms with E-state index >= 15 is 0 Å². The summed E-state index contributed by atoms with van der Waals surface area (Å²) in [6.07, 6.45) is 62.8. The van der Waals surface area contributed by atoms with Crippen LogP contribution < -0.4 is 5.32 Å². The lowest BCUT2D eigenvalue weighted by Crippen LogP contribution is -2.46. The molecule has 6 heteroatoms. The van der Waals surface area contributed by atoms with Gasteiger partial charge in [-0.3, -0.25) is 9.59 Å². The zero-order valence-corrected chi connectivity index (χ0v) is 41.7.